The number of anilines is 1. The molecule has 0 aliphatic carbocycles. The molecule has 2 aromatic carbocycles. The molecule has 0 saturated carbocycles. The summed E-state index contributed by atoms with van der Waals surface area (Å²) in [5.74, 6) is -1.30. The van der Waals surface area contributed by atoms with Crippen molar-refractivity contribution in [2.45, 2.75) is 12.5 Å². The summed E-state index contributed by atoms with van der Waals surface area (Å²) in [5.41, 5.74) is 2.06. The van der Waals surface area contributed by atoms with Gasteiger partial charge in [0.1, 0.15) is 11.5 Å². The molecule has 0 spiro atoms. The lowest BCUT2D eigenvalue weighted by Gasteiger charge is -2.22. The number of thiazole rings is 1. The summed E-state index contributed by atoms with van der Waals surface area (Å²) in [4.78, 5) is 47.2. The van der Waals surface area contributed by atoms with Crippen molar-refractivity contribution < 1.29 is 24.4 Å². The number of rotatable bonds is 4. The van der Waals surface area contributed by atoms with Gasteiger partial charge in [-0.25, -0.2) is 4.98 Å². The minimum Gasteiger partial charge on any atom is -0.507 e. The number of nitro benzene ring substituents is 1. The van der Waals surface area contributed by atoms with Crippen LogP contribution in [0.5, 0.6) is 5.75 Å². The summed E-state index contributed by atoms with van der Waals surface area (Å²) in [6.07, 6.45) is 3.76. The molecule has 2 aromatic heterocycles. The molecule has 11 heteroatoms. The second-order valence-electron chi connectivity index (χ2n) is 8.28. The number of aliphatic hydroxyl groups is 1. The molecule has 1 unspecified atom stereocenters. The zero-order valence-corrected chi connectivity index (χ0v) is 19.3. The molecule has 4 heterocycles. The topological polar surface area (TPSA) is 136 Å². The number of carbonyl (C=O) groups excluding carboxylic acids is 2. The molecule has 6 rings (SSSR count). The van der Waals surface area contributed by atoms with Gasteiger partial charge in [0.2, 0.25) is 0 Å². The average Bonchev–Trinajstić information content (AvgIpc) is 3.59. The van der Waals surface area contributed by atoms with E-state index in [0.717, 1.165) is 22.6 Å². The highest BCUT2D eigenvalue weighted by atomic mass is 32.1. The van der Waals surface area contributed by atoms with E-state index in [-0.39, 0.29) is 22.2 Å². The first kappa shape index (κ1) is 21.9. The third kappa shape index (κ3) is 3.40. The van der Waals surface area contributed by atoms with E-state index in [9.17, 15) is 24.8 Å². The fourth-order valence-electron chi connectivity index (χ4n) is 4.49. The van der Waals surface area contributed by atoms with Crippen LogP contribution in [-0.4, -0.2) is 38.3 Å². The Balaban J connectivity index is 1.53. The zero-order chi connectivity index (χ0) is 25.0. The maximum Gasteiger partial charge on any atom is 0.301 e. The van der Waals surface area contributed by atoms with Gasteiger partial charge in [-0.1, -0.05) is 17.4 Å². The van der Waals surface area contributed by atoms with E-state index in [4.69, 9.17) is 4.74 Å². The maximum atomic E-state index is 13.3. The number of nitrogens with zero attached hydrogens (tertiary/aromatic N) is 4. The van der Waals surface area contributed by atoms with E-state index >= 15 is 0 Å². The fourth-order valence-corrected chi connectivity index (χ4v) is 5.52. The summed E-state index contributed by atoms with van der Waals surface area (Å²) in [7, 11) is 0. The van der Waals surface area contributed by atoms with Crippen LogP contribution < -0.4 is 9.64 Å². The number of hydrogen-bond acceptors (Lipinski definition) is 9. The summed E-state index contributed by atoms with van der Waals surface area (Å²) < 4.78 is 6.02. The monoisotopic (exact) mass is 500 g/mol. The van der Waals surface area contributed by atoms with E-state index < -0.39 is 22.7 Å². The first-order valence-electron chi connectivity index (χ1n) is 10.9. The Morgan fingerprint density at radius 3 is 2.83 bits per heavy atom. The number of fused-ring (bicyclic) bond motifs is 2. The quantitative estimate of drug-likeness (QED) is 0.145. The molecule has 1 atom stereocenters. The Labute approximate surface area is 207 Å². The van der Waals surface area contributed by atoms with Crippen LogP contribution in [0.4, 0.5) is 10.8 Å². The van der Waals surface area contributed by atoms with Crippen LogP contribution in [0.2, 0.25) is 0 Å². The van der Waals surface area contributed by atoms with Crippen molar-refractivity contribution in [1.82, 2.24) is 9.97 Å². The second-order valence-corrected chi connectivity index (χ2v) is 9.29. The molecule has 1 fully saturated rings. The molecule has 2 aliphatic heterocycles. The average molecular weight is 500 g/mol. The largest absolute Gasteiger partial charge is 0.507 e. The molecule has 178 valence electrons. The first-order chi connectivity index (χ1) is 17.4. The van der Waals surface area contributed by atoms with Gasteiger partial charge in [-0.05, 0) is 41.5 Å². The van der Waals surface area contributed by atoms with Gasteiger partial charge in [0.05, 0.1) is 33.4 Å². The van der Waals surface area contributed by atoms with E-state index in [1.165, 1.54) is 29.3 Å². The Morgan fingerprint density at radius 1 is 1.19 bits per heavy atom. The van der Waals surface area contributed by atoms with Crippen molar-refractivity contribution in [1.29, 1.82) is 0 Å². The Bertz CT molecular complexity index is 1610. The van der Waals surface area contributed by atoms with Gasteiger partial charge < -0.3 is 9.84 Å². The van der Waals surface area contributed by atoms with Crippen LogP contribution in [0.15, 0.2) is 66.5 Å². The molecule has 36 heavy (non-hydrogen) atoms. The van der Waals surface area contributed by atoms with Crippen molar-refractivity contribution in [3.63, 3.8) is 0 Å². The van der Waals surface area contributed by atoms with Crippen LogP contribution in [0.1, 0.15) is 22.7 Å². The van der Waals surface area contributed by atoms with Crippen LogP contribution in [0.3, 0.4) is 0 Å². The van der Waals surface area contributed by atoms with Crippen LogP contribution in [0.25, 0.3) is 16.0 Å². The number of ether oxygens (including phenoxy) is 1. The Kier molecular flexibility index (Phi) is 5.00. The third-order valence-corrected chi connectivity index (χ3v) is 7.20. The molecule has 1 saturated heterocycles. The molecule has 0 radical (unpaired) electrons. The highest BCUT2D eigenvalue weighted by molar-refractivity contribution is 7.22. The SMILES string of the molecule is O=C1C(=O)N(c2nc3ccc([N+](=O)[O-])cc3s2)C(c2cccnc2)/C1=C(\O)c1ccc2c(c1)CCO2. The van der Waals surface area contributed by atoms with Gasteiger partial charge in [0.25, 0.3) is 11.5 Å². The summed E-state index contributed by atoms with van der Waals surface area (Å²) in [5, 5.41) is 22.7. The smallest absolute Gasteiger partial charge is 0.301 e. The van der Waals surface area contributed by atoms with E-state index in [2.05, 4.69) is 9.97 Å². The summed E-state index contributed by atoms with van der Waals surface area (Å²) in [6, 6.07) is 11.7. The van der Waals surface area contributed by atoms with E-state index in [1.807, 2.05) is 0 Å². The van der Waals surface area contributed by atoms with Crippen molar-refractivity contribution in [2.75, 3.05) is 11.5 Å². The number of pyridine rings is 1. The highest BCUT2D eigenvalue weighted by Gasteiger charge is 2.48. The molecule has 1 amide bonds. The molecule has 10 nitrogen and oxygen atoms in total. The molecule has 0 bridgehead atoms. The van der Waals surface area contributed by atoms with Crippen LogP contribution in [-0.2, 0) is 16.0 Å². The number of Topliss-reactive ketones (excluding diaryl/α,β-unsaturated/α-hetero) is 1. The zero-order valence-electron chi connectivity index (χ0n) is 18.5. The van der Waals surface area contributed by atoms with Gasteiger partial charge in [-0.15, -0.1) is 0 Å². The molecule has 1 N–H and O–H groups in total. The number of aliphatic hydroxyl groups excluding tert-OH is 1. The number of ketones is 1. The number of non-ortho nitro benzene ring substituents is 1. The first-order valence-corrected chi connectivity index (χ1v) is 11.8. The van der Waals surface area contributed by atoms with E-state index in [1.54, 1.807) is 36.5 Å². The lowest BCUT2D eigenvalue weighted by molar-refractivity contribution is -0.384. The number of amides is 1. The normalized spacial score (nSPS) is 18.4. The van der Waals surface area contributed by atoms with Gasteiger partial charge >= 0.3 is 5.91 Å². The molecular formula is C25H16N4O6S. The van der Waals surface area contributed by atoms with Crippen molar-refractivity contribution in [3.8, 4) is 5.75 Å². The summed E-state index contributed by atoms with van der Waals surface area (Å²) in [6.45, 7) is 0.537. The Morgan fingerprint density at radius 2 is 2.06 bits per heavy atom. The van der Waals surface area contributed by atoms with Crippen molar-refractivity contribution in [2.24, 2.45) is 0 Å². The minimum absolute atomic E-state index is 0.0860. The van der Waals surface area contributed by atoms with Gasteiger partial charge in [0, 0.05) is 36.5 Å². The number of nitro groups is 1. The third-order valence-electron chi connectivity index (χ3n) is 6.19. The van der Waals surface area contributed by atoms with Gasteiger partial charge in [-0.3, -0.25) is 29.6 Å². The summed E-state index contributed by atoms with van der Waals surface area (Å²) >= 11 is 1.05. The standard InChI is InChI=1S/C25H16N4O6S/c30-22(14-3-6-18-13(10-14)7-9-35-18)20-21(15-2-1-8-26-12-15)28(24(32)23(20)31)25-27-17-5-4-16(29(33)34)11-19(17)36-25/h1-6,8,10-12,21,30H,7,9H2/b22-20+. The van der Waals surface area contributed by atoms with Crippen LogP contribution in [0, 0.1) is 10.1 Å². The highest BCUT2D eigenvalue weighted by Crippen LogP contribution is 2.44. The lowest BCUT2D eigenvalue weighted by Crippen LogP contribution is -2.29. The second kappa shape index (κ2) is 8.24. The maximum absolute atomic E-state index is 13.3. The van der Waals surface area contributed by atoms with Crippen molar-refractivity contribution >= 4 is 49.8 Å². The fraction of sp³-hybridized carbons (Fsp3) is 0.120. The lowest BCUT2D eigenvalue weighted by atomic mass is 9.95. The van der Waals surface area contributed by atoms with E-state index in [0.29, 0.717) is 34.4 Å². The van der Waals surface area contributed by atoms with Gasteiger partial charge in [0.15, 0.2) is 5.13 Å². The van der Waals surface area contributed by atoms with Crippen LogP contribution >= 0.6 is 11.3 Å². The Hall–Kier alpha value is -4.64. The van der Waals surface area contributed by atoms with Gasteiger partial charge in [-0.2, -0.15) is 0 Å². The predicted molar refractivity (Wildman–Crippen MR) is 131 cm³/mol. The molecule has 4 aromatic rings. The number of carbonyl (C=O) groups is 2. The van der Waals surface area contributed by atoms with Crippen molar-refractivity contribution in [3.05, 3.63) is 93.3 Å². The molecular weight excluding hydrogens is 484 g/mol. The number of benzene rings is 2. The minimum atomic E-state index is -0.987. The molecule has 2 aliphatic rings. The number of hydrogen-bond donors (Lipinski definition) is 1. The number of aromatic nitrogens is 2. The predicted octanol–water partition coefficient (Wildman–Crippen LogP) is 4.16.